The van der Waals surface area contributed by atoms with Crippen LogP contribution in [-0.4, -0.2) is 10.1 Å². The van der Waals surface area contributed by atoms with Crippen LogP contribution >= 0.6 is 11.6 Å². The molecule has 4 nitrogen and oxygen atoms in total. The lowest BCUT2D eigenvalue weighted by atomic mass is 10.1. The van der Waals surface area contributed by atoms with Crippen molar-refractivity contribution in [2.75, 3.05) is 5.73 Å². The zero-order chi connectivity index (χ0) is 15.0. The maximum absolute atomic E-state index is 13.6. The van der Waals surface area contributed by atoms with Gasteiger partial charge in [-0.05, 0) is 36.8 Å². The van der Waals surface area contributed by atoms with Gasteiger partial charge in [-0.25, -0.2) is 4.39 Å². The van der Waals surface area contributed by atoms with Crippen LogP contribution in [0.15, 0.2) is 40.9 Å². The van der Waals surface area contributed by atoms with E-state index in [1.807, 2.05) is 0 Å². The molecule has 106 valence electrons. The normalized spacial score (nSPS) is 10.8. The maximum atomic E-state index is 13.6. The minimum absolute atomic E-state index is 0.242. The number of nitrogens with zero attached hydrogens (tertiary/aromatic N) is 2. The number of benzene rings is 2. The summed E-state index contributed by atoms with van der Waals surface area (Å²) in [6.07, 6.45) is 0. The van der Waals surface area contributed by atoms with Crippen molar-refractivity contribution in [3.8, 4) is 22.8 Å². The molecule has 0 aliphatic carbocycles. The van der Waals surface area contributed by atoms with Crippen LogP contribution in [0.5, 0.6) is 0 Å². The fourth-order valence-electron chi connectivity index (χ4n) is 1.90. The van der Waals surface area contributed by atoms with Crippen molar-refractivity contribution in [3.05, 3.63) is 52.8 Å². The van der Waals surface area contributed by atoms with Crippen LogP contribution in [0, 0.1) is 12.7 Å². The third-order valence-electron chi connectivity index (χ3n) is 3.10. The van der Waals surface area contributed by atoms with Gasteiger partial charge in [0.2, 0.25) is 5.82 Å². The summed E-state index contributed by atoms with van der Waals surface area (Å²) >= 11 is 5.93. The van der Waals surface area contributed by atoms with Gasteiger partial charge in [-0.1, -0.05) is 28.9 Å². The molecule has 0 amide bonds. The lowest BCUT2D eigenvalue weighted by Gasteiger charge is -2.00. The molecule has 0 bridgehead atoms. The largest absolute Gasteiger partial charge is 0.398 e. The molecule has 0 fully saturated rings. The molecule has 0 atom stereocenters. The smallest absolute Gasteiger partial charge is 0.260 e. The predicted molar refractivity (Wildman–Crippen MR) is 79.3 cm³/mol. The molecule has 0 spiro atoms. The van der Waals surface area contributed by atoms with E-state index in [0.717, 1.165) is 0 Å². The van der Waals surface area contributed by atoms with E-state index in [1.165, 1.54) is 6.07 Å². The first-order valence-electron chi connectivity index (χ1n) is 6.20. The summed E-state index contributed by atoms with van der Waals surface area (Å²) < 4.78 is 18.8. The van der Waals surface area contributed by atoms with E-state index >= 15 is 0 Å². The topological polar surface area (TPSA) is 64.9 Å². The first kappa shape index (κ1) is 13.6. The highest BCUT2D eigenvalue weighted by Gasteiger charge is 2.14. The Balaban J connectivity index is 2.03. The highest BCUT2D eigenvalue weighted by Crippen LogP contribution is 2.29. The SMILES string of the molecule is Cc1ccc(-c2noc(-c3cc(Cl)ccc3N)n2)cc1F. The Bertz CT molecular complexity index is 816. The Morgan fingerprint density at radius 3 is 2.76 bits per heavy atom. The molecule has 2 aromatic carbocycles. The van der Waals surface area contributed by atoms with Crippen molar-refractivity contribution in [1.29, 1.82) is 0 Å². The summed E-state index contributed by atoms with van der Waals surface area (Å²) in [7, 11) is 0. The number of anilines is 1. The van der Waals surface area contributed by atoms with Crippen LogP contribution in [0.3, 0.4) is 0 Å². The molecule has 1 aromatic heterocycles. The fraction of sp³-hybridized carbons (Fsp3) is 0.0667. The van der Waals surface area contributed by atoms with Gasteiger partial charge in [0, 0.05) is 16.3 Å². The molecule has 0 saturated heterocycles. The molecular weight excluding hydrogens is 293 g/mol. The van der Waals surface area contributed by atoms with Crippen LogP contribution in [0.1, 0.15) is 5.56 Å². The van der Waals surface area contributed by atoms with Crippen molar-refractivity contribution >= 4 is 17.3 Å². The molecule has 0 unspecified atom stereocenters. The van der Waals surface area contributed by atoms with E-state index < -0.39 is 0 Å². The Morgan fingerprint density at radius 1 is 1.19 bits per heavy atom. The van der Waals surface area contributed by atoms with Crippen molar-refractivity contribution < 1.29 is 8.91 Å². The Labute approximate surface area is 125 Å². The first-order chi connectivity index (χ1) is 10.0. The lowest BCUT2D eigenvalue weighted by Crippen LogP contribution is -1.90. The standard InChI is InChI=1S/C15H11ClFN3O/c1-8-2-3-9(6-12(8)17)14-19-15(21-20-14)11-7-10(16)4-5-13(11)18/h2-7H,18H2,1H3. The summed E-state index contributed by atoms with van der Waals surface area (Å²) in [6, 6.07) is 9.73. The Hall–Kier alpha value is -2.40. The molecule has 0 aliphatic rings. The zero-order valence-electron chi connectivity index (χ0n) is 11.1. The number of hydrogen-bond donors (Lipinski definition) is 1. The summed E-state index contributed by atoms with van der Waals surface area (Å²) in [5, 5.41) is 4.37. The van der Waals surface area contributed by atoms with Crippen LogP contribution in [-0.2, 0) is 0 Å². The highest BCUT2D eigenvalue weighted by atomic mass is 35.5. The van der Waals surface area contributed by atoms with Gasteiger partial charge in [-0.15, -0.1) is 0 Å². The predicted octanol–water partition coefficient (Wildman–Crippen LogP) is 4.09. The van der Waals surface area contributed by atoms with Crippen LogP contribution in [0.25, 0.3) is 22.8 Å². The Morgan fingerprint density at radius 2 is 2.00 bits per heavy atom. The van der Waals surface area contributed by atoms with E-state index in [9.17, 15) is 4.39 Å². The summed E-state index contributed by atoms with van der Waals surface area (Å²) in [5.74, 6) is 0.218. The van der Waals surface area contributed by atoms with Gasteiger partial charge in [-0.3, -0.25) is 0 Å². The number of halogens is 2. The number of rotatable bonds is 2. The Kier molecular flexibility index (Phi) is 3.35. The molecule has 21 heavy (non-hydrogen) atoms. The number of aromatic nitrogens is 2. The molecule has 0 radical (unpaired) electrons. The molecule has 1 heterocycles. The molecular formula is C15H11ClFN3O. The zero-order valence-corrected chi connectivity index (χ0v) is 11.9. The van der Waals surface area contributed by atoms with E-state index in [4.69, 9.17) is 21.9 Å². The molecule has 3 aromatic rings. The second-order valence-electron chi connectivity index (χ2n) is 4.62. The van der Waals surface area contributed by atoms with E-state index in [-0.39, 0.29) is 11.7 Å². The van der Waals surface area contributed by atoms with E-state index in [0.29, 0.717) is 33.2 Å². The molecule has 3 rings (SSSR count). The average Bonchev–Trinajstić information content (AvgIpc) is 2.94. The van der Waals surface area contributed by atoms with Crippen LogP contribution in [0.4, 0.5) is 10.1 Å². The fourth-order valence-corrected chi connectivity index (χ4v) is 2.07. The van der Waals surface area contributed by atoms with Gasteiger partial charge < -0.3 is 10.3 Å². The second kappa shape index (κ2) is 5.18. The second-order valence-corrected chi connectivity index (χ2v) is 5.06. The van der Waals surface area contributed by atoms with Crippen molar-refractivity contribution in [2.45, 2.75) is 6.92 Å². The maximum Gasteiger partial charge on any atom is 0.260 e. The first-order valence-corrected chi connectivity index (χ1v) is 6.58. The highest BCUT2D eigenvalue weighted by molar-refractivity contribution is 6.31. The third kappa shape index (κ3) is 2.60. The van der Waals surface area contributed by atoms with E-state index in [2.05, 4.69) is 10.1 Å². The van der Waals surface area contributed by atoms with Gasteiger partial charge >= 0.3 is 0 Å². The van der Waals surface area contributed by atoms with Gasteiger partial charge in [-0.2, -0.15) is 4.98 Å². The van der Waals surface area contributed by atoms with Crippen LogP contribution in [0.2, 0.25) is 5.02 Å². The van der Waals surface area contributed by atoms with Gasteiger partial charge in [0.1, 0.15) is 5.82 Å². The quantitative estimate of drug-likeness (QED) is 0.724. The average molecular weight is 304 g/mol. The minimum atomic E-state index is -0.318. The van der Waals surface area contributed by atoms with Gasteiger partial charge in [0.15, 0.2) is 0 Å². The van der Waals surface area contributed by atoms with Gasteiger partial charge in [0.25, 0.3) is 5.89 Å². The number of nitrogen functional groups attached to an aromatic ring is 1. The van der Waals surface area contributed by atoms with Crippen molar-refractivity contribution in [3.63, 3.8) is 0 Å². The van der Waals surface area contributed by atoms with Gasteiger partial charge in [0.05, 0.1) is 5.56 Å². The summed E-state index contributed by atoms with van der Waals surface area (Å²) in [4.78, 5) is 4.24. The van der Waals surface area contributed by atoms with Crippen LogP contribution < -0.4 is 5.73 Å². The van der Waals surface area contributed by atoms with Crippen molar-refractivity contribution in [2.24, 2.45) is 0 Å². The minimum Gasteiger partial charge on any atom is -0.398 e. The summed E-state index contributed by atoms with van der Waals surface area (Å²) in [6.45, 7) is 1.69. The lowest BCUT2D eigenvalue weighted by molar-refractivity contribution is 0.432. The van der Waals surface area contributed by atoms with Crippen molar-refractivity contribution in [1.82, 2.24) is 10.1 Å². The van der Waals surface area contributed by atoms with E-state index in [1.54, 1.807) is 37.3 Å². The number of nitrogens with two attached hydrogens (primary N) is 1. The molecule has 0 aliphatic heterocycles. The molecule has 6 heteroatoms. The summed E-state index contributed by atoms with van der Waals surface area (Å²) in [5.41, 5.74) is 7.99. The monoisotopic (exact) mass is 303 g/mol. The number of aryl methyl sites for hydroxylation is 1. The molecule has 2 N–H and O–H groups in total. The molecule has 0 saturated carbocycles. The third-order valence-corrected chi connectivity index (χ3v) is 3.34. The number of hydrogen-bond acceptors (Lipinski definition) is 4.